The third-order valence-electron chi connectivity index (χ3n) is 6.58. The predicted octanol–water partition coefficient (Wildman–Crippen LogP) is 5.12. The van der Waals surface area contributed by atoms with Gasteiger partial charge in [-0.1, -0.05) is 54.6 Å². The summed E-state index contributed by atoms with van der Waals surface area (Å²) in [6, 6.07) is 20.3. The lowest BCUT2D eigenvalue weighted by atomic mass is 10.0. The van der Waals surface area contributed by atoms with Crippen molar-refractivity contribution in [1.29, 1.82) is 0 Å². The average Bonchev–Trinajstić information content (AvgIpc) is 2.96. The van der Waals surface area contributed by atoms with Crippen LogP contribution in [0.5, 0.6) is 0 Å². The topological polar surface area (TPSA) is 132 Å². The lowest BCUT2D eigenvalue weighted by Gasteiger charge is -2.36. The second kappa shape index (κ2) is 14.8. The van der Waals surface area contributed by atoms with Crippen LogP contribution in [0.2, 0.25) is 0 Å². The van der Waals surface area contributed by atoms with Crippen molar-refractivity contribution in [1.82, 2.24) is 0 Å². The van der Waals surface area contributed by atoms with Crippen molar-refractivity contribution in [2.75, 3.05) is 11.1 Å². The lowest BCUT2D eigenvalue weighted by molar-refractivity contribution is -0.645. The Kier molecular flexibility index (Phi) is 10.9. The average molecular weight is 567 g/mol. The van der Waals surface area contributed by atoms with Gasteiger partial charge in [0.05, 0.1) is 18.8 Å². The number of aromatic nitrogens is 1. The van der Waals surface area contributed by atoms with Gasteiger partial charge in [-0.15, -0.1) is 0 Å². The van der Waals surface area contributed by atoms with Crippen LogP contribution in [0.1, 0.15) is 67.6 Å². The number of carbonyl (C=O) groups is 2. The SMILES string of the molecule is O=C(O)CCCCCC(=O)Nc1ccc([C@@H]2O[C@H](CSc3cccc[n+]3[O-])C[C@H](c3ccc(CO)cc3)O2)cc1. The molecule has 1 aliphatic heterocycles. The van der Waals surface area contributed by atoms with Gasteiger partial charge < -0.3 is 30.2 Å². The number of pyridine rings is 1. The Bertz CT molecular complexity index is 1250. The molecule has 0 saturated carbocycles. The molecule has 1 fully saturated rings. The number of hydrogen-bond acceptors (Lipinski definition) is 7. The minimum atomic E-state index is -0.821. The minimum absolute atomic E-state index is 0.0311. The quantitative estimate of drug-likeness (QED) is 0.112. The number of unbranched alkanes of at least 4 members (excludes halogenated alkanes) is 2. The van der Waals surface area contributed by atoms with Crippen LogP contribution < -0.4 is 10.0 Å². The third kappa shape index (κ3) is 8.79. The van der Waals surface area contributed by atoms with Gasteiger partial charge in [0.25, 0.3) is 5.03 Å². The van der Waals surface area contributed by atoms with Gasteiger partial charge in [-0.3, -0.25) is 9.59 Å². The van der Waals surface area contributed by atoms with E-state index in [0.717, 1.165) is 21.4 Å². The first kappa shape index (κ1) is 29.5. The molecule has 0 unspecified atom stereocenters. The Labute approximate surface area is 237 Å². The summed E-state index contributed by atoms with van der Waals surface area (Å²) < 4.78 is 13.5. The number of rotatable bonds is 13. The maximum Gasteiger partial charge on any atom is 0.303 e. The van der Waals surface area contributed by atoms with Gasteiger partial charge in [0.15, 0.2) is 12.5 Å². The fourth-order valence-electron chi connectivity index (χ4n) is 4.41. The molecule has 2 aromatic carbocycles. The van der Waals surface area contributed by atoms with Crippen molar-refractivity contribution in [3.8, 4) is 0 Å². The third-order valence-corrected chi connectivity index (χ3v) is 7.73. The number of ether oxygens (including phenoxy) is 2. The van der Waals surface area contributed by atoms with Gasteiger partial charge in [-0.2, -0.15) is 4.73 Å². The summed E-state index contributed by atoms with van der Waals surface area (Å²) in [6.45, 7) is -0.0311. The van der Waals surface area contributed by atoms with Crippen LogP contribution in [-0.4, -0.2) is 33.9 Å². The first-order chi connectivity index (χ1) is 19.4. The second-order valence-electron chi connectivity index (χ2n) is 9.65. The highest BCUT2D eigenvalue weighted by Gasteiger charge is 2.32. The number of aliphatic carboxylic acids is 1. The summed E-state index contributed by atoms with van der Waals surface area (Å²) in [5.41, 5.74) is 3.26. The molecule has 1 saturated heterocycles. The van der Waals surface area contributed by atoms with Crippen molar-refractivity contribution in [2.45, 2.75) is 68.7 Å². The highest BCUT2D eigenvalue weighted by molar-refractivity contribution is 7.99. The van der Waals surface area contributed by atoms with E-state index >= 15 is 0 Å². The van der Waals surface area contributed by atoms with E-state index in [1.807, 2.05) is 42.5 Å². The fraction of sp³-hybridized carbons (Fsp3) is 0.367. The van der Waals surface area contributed by atoms with E-state index in [4.69, 9.17) is 14.6 Å². The molecule has 0 radical (unpaired) electrons. The van der Waals surface area contributed by atoms with Crippen LogP contribution in [0, 0.1) is 5.21 Å². The van der Waals surface area contributed by atoms with E-state index in [1.54, 1.807) is 24.3 Å². The van der Waals surface area contributed by atoms with Crippen LogP contribution in [0.15, 0.2) is 78.0 Å². The smallest absolute Gasteiger partial charge is 0.303 e. The maximum atomic E-state index is 12.3. The van der Waals surface area contributed by atoms with Gasteiger partial charge >= 0.3 is 5.97 Å². The number of aliphatic hydroxyl groups excluding tert-OH is 1. The number of hydrogen-bond donors (Lipinski definition) is 3. The number of aliphatic hydroxyl groups is 1. The molecule has 9 nitrogen and oxygen atoms in total. The van der Waals surface area contributed by atoms with Gasteiger partial charge in [0, 0.05) is 48.4 Å². The zero-order chi connectivity index (χ0) is 28.3. The standard InChI is InChI=1S/C30H34N2O7S/c33-19-21-9-11-22(12-10-21)26-18-25(20-40-28-7-4-5-17-32(28)37)38-30(39-26)23-13-15-24(16-14-23)31-27(34)6-2-1-3-8-29(35)36/h4-5,7,9-17,25-26,30,33H,1-3,6,8,18-20H2,(H,31,34)(H,35,36)/t25-,26+,30+/m0/s1. The Balaban J connectivity index is 1.39. The first-order valence-electron chi connectivity index (χ1n) is 13.3. The summed E-state index contributed by atoms with van der Waals surface area (Å²) in [6.07, 6.45) is 3.34. The van der Waals surface area contributed by atoms with Crippen LogP contribution in [0.4, 0.5) is 5.69 Å². The van der Waals surface area contributed by atoms with E-state index in [2.05, 4.69) is 5.32 Å². The van der Waals surface area contributed by atoms with Gasteiger partial charge in [0.1, 0.15) is 0 Å². The molecule has 3 atom stereocenters. The van der Waals surface area contributed by atoms with Gasteiger partial charge in [0.2, 0.25) is 5.91 Å². The molecule has 1 aliphatic rings. The summed E-state index contributed by atoms with van der Waals surface area (Å²) in [7, 11) is 0. The molecule has 212 valence electrons. The molecular formula is C30H34N2O7S. The molecule has 0 bridgehead atoms. The first-order valence-corrected chi connectivity index (χ1v) is 14.3. The Morgan fingerprint density at radius 2 is 1.68 bits per heavy atom. The van der Waals surface area contributed by atoms with Crippen LogP contribution in [0.25, 0.3) is 0 Å². The van der Waals surface area contributed by atoms with Crippen LogP contribution >= 0.6 is 11.8 Å². The molecular weight excluding hydrogens is 532 g/mol. The monoisotopic (exact) mass is 566 g/mol. The van der Waals surface area contributed by atoms with E-state index in [0.29, 0.717) is 48.6 Å². The Morgan fingerprint density at radius 3 is 2.38 bits per heavy atom. The van der Waals surface area contributed by atoms with Crippen molar-refractivity contribution in [3.63, 3.8) is 0 Å². The number of nitrogens with one attached hydrogen (secondary N) is 1. The molecule has 0 spiro atoms. The van der Waals surface area contributed by atoms with Crippen LogP contribution in [0.3, 0.4) is 0 Å². The number of carboxylic acid groups (broad SMARTS) is 1. The van der Waals surface area contributed by atoms with Crippen molar-refractivity contribution in [2.24, 2.45) is 0 Å². The van der Waals surface area contributed by atoms with E-state index in [-0.39, 0.29) is 31.1 Å². The minimum Gasteiger partial charge on any atom is -0.618 e. The summed E-state index contributed by atoms with van der Waals surface area (Å²) >= 11 is 1.43. The zero-order valence-corrected chi connectivity index (χ0v) is 22.9. The number of nitrogens with zero attached hydrogens (tertiary/aromatic N) is 1. The molecule has 3 N–H and O–H groups in total. The molecule has 40 heavy (non-hydrogen) atoms. The number of carbonyl (C=O) groups excluding carboxylic acids is 1. The molecule has 2 heterocycles. The predicted molar refractivity (Wildman–Crippen MR) is 150 cm³/mol. The van der Waals surface area contributed by atoms with Crippen molar-refractivity contribution >= 4 is 29.3 Å². The summed E-state index contributed by atoms with van der Waals surface area (Å²) in [4.78, 5) is 22.9. The normalized spacial score (nSPS) is 18.8. The number of thioether (sulfide) groups is 1. The fourth-order valence-corrected chi connectivity index (χ4v) is 5.35. The second-order valence-corrected chi connectivity index (χ2v) is 10.7. The van der Waals surface area contributed by atoms with Gasteiger partial charge in [-0.25, -0.2) is 0 Å². The summed E-state index contributed by atoms with van der Waals surface area (Å²) in [5.74, 6) is -0.371. The Hall–Kier alpha value is -3.44. The number of amides is 1. The van der Waals surface area contributed by atoms with E-state index in [1.165, 1.54) is 18.0 Å². The molecule has 1 amide bonds. The number of benzene rings is 2. The molecule has 10 heteroatoms. The maximum absolute atomic E-state index is 12.3. The van der Waals surface area contributed by atoms with Crippen LogP contribution in [-0.2, 0) is 25.7 Å². The van der Waals surface area contributed by atoms with E-state index in [9.17, 15) is 19.9 Å². The van der Waals surface area contributed by atoms with Gasteiger partial charge in [-0.05, 0) is 42.2 Å². The highest BCUT2D eigenvalue weighted by Crippen LogP contribution is 2.39. The molecule has 0 aliphatic carbocycles. The summed E-state index contributed by atoms with van der Waals surface area (Å²) in [5, 5.41) is 33.7. The van der Waals surface area contributed by atoms with Crippen molar-refractivity contribution in [3.05, 3.63) is 94.8 Å². The molecule has 3 aromatic rings. The molecule has 4 rings (SSSR count). The largest absolute Gasteiger partial charge is 0.618 e. The Morgan fingerprint density at radius 1 is 0.950 bits per heavy atom. The highest BCUT2D eigenvalue weighted by atomic mass is 32.2. The number of carboxylic acids is 1. The number of anilines is 1. The van der Waals surface area contributed by atoms with Crippen molar-refractivity contribution < 1.29 is 34.0 Å². The van der Waals surface area contributed by atoms with E-state index < -0.39 is 12.3 Å². The lowest BCUT2D eigenvalue weighted by Crippen LogP contribution is -2.32. The molecule has 1 aromatic heterocycles. The zero-order valence-electron chi connectivity index (χ0n) is 22.1.